The predicted octanol–water partition coefficient (Wildman–Crippen LogP) is 1.46. The van der Waals surface area contributed by atoms with Crippen molar-refractivity contribution in [2.75, 3.05) is 32.7 Å². The first-order chi connectivity index (χ1) is 15.0. The Morgan fingerprint density at radius 3 is 2.06 bits per heavy atom. The number of nitrogens with one attached hydrogen (secondary N) is 2. The van der Waals surface area contributed by atoms with Gasteiger partial charge < -0.3 is 15.5 Å². The maximum atomic E-state index is 12.8. The van der Waals surface area contributed by atoms with E-state index in [1.54, 1.807) is 32.6 Å². The Kier molecular flexibility index (Phi) is 10.8. The highest BCUT2D eigenvalue weighted by Crippen LogP contribution is 2.17. The average molecular weight is 469 g/mol. The van der Waals surface area contributed by atoms with E-state index in [2.05, 4.69) is 10.6 Å². The van der Waals surface area contributed by atoms with Gasteiger partial charge in [-0.2, -0.15) is 4.31 Å². The molecular formula is C22H36N4O5S. The van der Waals surface area contributed by atoms with Crippen molar-refractivity contribution in [3.8, 4) is 0 Å². The van der Waals surface area contributed by atoms with Crippen molar-refractivity contribution >= 4 is 27.7 Å². The van der Waals surface area contributed by atoms with E-state index in [0.29, 0.717) is 26.2 Å². The van der Waals surface area contributed by atoms with Crippen LogP contribution < -0.4 is 10.6 Å². The van der Waals surface area contributed by atoms with Crippen LogP contribution in [0.15, 0.2) is 29.2 Å². The lowest BCUT2D eigenvalue weighted by Gasteiger charge is -2.23. The third-order valence-electron chi connectivity index (χ3n) is 5.21. The summed E-state index contributed by atoms with van der Waals surface area (Å²) in [5.74, 6) is -1.48. The zero-order chi connectivity index (χ0) is 24.5. The fraction of sp³-hybridized carbons (Fsp3) is 0.591. The Bertz CT molecular complexity index is 893. The van der Waals surface area contributed by atoms with Gasteiger partial charge in [-0.3, -0.25) is 14.4 Å². The summed E-state index contributed by atoms with van der Waals surface area (Å²) in [6.45, 7) is 12.3. The number of amides is 3. The van der Waals surface area contributed by atoms with Gasteiger partial charge in [0.15, 0.2) is 0 Å². The van der Waals surface area contributed by atoms with Crippen LogP contribution in [0.4, 0.5) is 0 Å². The molecule has 0 bridgehead atoms. The van der Waals surface area contributed by atoms with Gasteiger partial charge in [0, 0.05) is 31.7 Å². The molecule has 1 aromatic carbocycles. The van der Waals surface area contributed by atoms with Crippen molar-refractivity contribution < 1.29 is 22.8 Å². The van der Waals surface area contributed by atoms with Crippen LogP contribution in [-0.4, -0.2) is 74.1 Å². The first-order valence-corrected chi connectivity index (χ1v) is 12.4. The molecule has 180 valence electrons. The van der Waals surface area contributed by atoms with Crippen molar-refractivity contribution in [3.05, 3.63) is 29.8 Å². The molecule has 3 amide bonds. The third-order valence-corrected chi connectivity index (χ3v) is 7.25. The average Bonchev–Trinajstić information content (AvgIpc) is 2.77. The highest BCUT2D eigenvalue weighted by molar-refractivity contribution is 7.89. The number of carbonyl (C=O) groups is 3. The van der Waals surface area contributed by atoms with E-state index in [0.717, 1.165) is 0 Å². The van der Waals surface area contributed by atoms with E-state index in [-0.39, 0.29) is 28.8 Å². The van der Waals surface area contributed by atoms with Crippen LogP contribution in [0.5, 0.6) is 0 Å². The Morgan fingerprint density at radius 2 is 1.56 bits per heavy atom. The van der Waals surface area contributed by atoms with E-state index in [9.17, 15) is 22.8 Å². The molecule has 0 aliphatic rings. The van der Waals surface area contributed by atoms with Crippen LogP contribution in [-0.2, 0) is 19.6 Å². The molecule has 32 heavy (non-hydrogen) atoms. The van der Waals surface area contributed by atoms with Crippen molar-refractivity contribution in [1.82, 2.24) is 19.8 Å². The van der Waals surface area contributed by atoms with Gasteiger partial charge in [-0.25, -0.2) is 8.42 Å². The topological polar surface area (TPSA) is 116 Å². The number of nitrogens with zero attached hydrogens (tertiary/aromatic N) is 2. The SMILES string of the molecule is CCN(CC)C(=O)CNC(=O)C(NC(=O)c1cccc(S(=O)(=O)N(CC)CC)c1)C(C)C. The molecule has 1 aromatic rings. The quantitative estimate of drug-likeness (QED) is 0.482. The summed E-state index contributed by atoms with van der Waals surface area (Å²) in [6, 6.07) is 4.86. The number of carbonyl (C=O) groups excluding carboxylic acids is 3. The van der Waals surface area contributed by atoms with E-state index in [1.807, 2.05) is 13.8 Å². The second-order valence-electron chi connectivity index (χ2n) is 7.60. The molecule has 0 heterocycles. The maximum absolute atomic E-state index is 12.8. The Labute approximate surface area is 191 Å². The molecule has 1 atom stereocenters. The van der Waals surface area contributed by atoms with Gasteiger partial charge in [0.2, 0.25) is 21.8 Å². The normalized spacial score (nSPS) is 12.5. The molecule has 0 saturated heterocycles. The standard InChI is InChI=1S/C22H36N4O5S/c1-7-25(8-2)19(27)15-23-22(29)20(16(5)6)24-21(28)17-12-11-13-18(14-17)32(30,31)26(9-3)10-4/h11-14,16,20H,7-10,15H2,1-6H3,(H,23,29)(H,24,28). The highest BCUT2D eigenvalue weighted by Gasteiger charge is 2.27. The number of hydrogen-bond acceptors (Lipinski definition) is 5. The van der Waals surface area contributed by atoms with E-state index < -0.39 is 27.9 Å². The number of sulfonamides is 1. The van der Waals surface area contributed by atoms with Crippen molar-refractivity contribution in [1.29, 1.82) is 0 Å². The Hall–Kier alpha value is -2.46. The molecule has 1 unspecified atom stereocenters. The number of hydrogen-bond donors (Lipinski definition) is 2. The second-order valence-corrected chi connectivity index (χ2v) is 9.53. The smallest absolute Gasteiger partial charge is 0.251 e. The molecule has 10 heteroatoms. The molecule has 1 rings (SSSR count). The minimum absolute atomic E-state index is 0.0178. The predicted molar refractivity (Wildman–Crippen MR) is 124 cm³/mol. The second kappa shape index (κ2) is 12.5. The van der Waals surface area contributed by atoms with Crippen LogP contribution >= 0.6 is 0 Å². The summed E-state index contributed by atoms with van der Waals surface area (Å²) in [7, 11) is -3.72. The van der Waals surface area contributed by atoms with Crippen molar-refractivity contribution in [3.63, 3.8) is 0 Å². The summed E-state index contributed by atoms with van der Waals surface area (Å²) < 4.78 is 26.8. The largest absolute Gasteiger partial charge is 0.345 e. The number of benzene rings is 1. The van der Waals surface area contributed by atoms with Crippen LogP contribution in [0.2, 0.25) is 0 Å². The molecule has 0 spiro atoms. The molecular weight excluding hydrogens is 432 g/mol. The highest BCUT2D eigenvalue weighted by atomic mass is 32.2. The van der Waals surface area contributed by atoms with Crippen LogP contribution in [0.1, 0.15) is 51.9 Å². The monoisotopic (exact) mass is 468 g/mol. The van der Waals surface area contributed by atoms with Gasteiger partial charge in [-0.1, -0.05) is 33.8 Å². The van der Waals surface area contributed by atoms with Crippen LogP contribution in [0.25, 0.3) is 0 Å². The summed E-state index contributed by atoms with van der Waals surface area (Å²) in [4.78, 5) is 39.2. The molecule has 0 fully saturated rings. The summed E-state index contributed by atoms with van der Waals surface area (Å²) in [6.07, 6.45) is 0. The van der Waals surface area contributed by atoms with Crippen LogP contribution in [0, 0.1) is 5.92 Å². The molecule has 0 aliphatic heterocycles. The lowest BCUT2D eigenvalue weighted by molar-refractivity contribution is -0.133. The fourth-order valence-electron chi connectivity index (χ4n) is 3.23. The first-order valence-electron chi connectivity index (χ1n) is 11.0. The molecule has 9 nitrogen and oxygen atoms in total. The molecule has 0 aliphatic carbocycles. The minimum Gasteiger partial charge on any atom is -0.345 e. The summed E-state index contributed by atoms with van der Waals surface area (Å²) in [5, 5.41) is 5.25. The lowest BCUT2D eigenvalue weighted by Crippen LogP contribution is -2.51. The van der Waals surface area contributed by atoms with Crippen molar-refractivity contribution in [2.24, 2.45) is 5.92 Å². The lowest BCUT2D eigenvalue weighted by atomic mass is 10.0. The fourth-order valence-corrected chi connectivity index (χ4v) is 4.74. The Balaban J connectivity index is 2.98. The zero-order valence-electron chi connectivity index (χ0n) is 19.8. The van der Waals surface area contributed by atoms with Crippen molar-refractivity contribution in [2.45, 2.75) is 52.5 Å². The van der Waals surface area contributed by atoms with Gasteiger partial charge in [-0.05, 0) is 38.0 Å². The molecule has 0 aromatic heterocycles. The number of likely N-dealkylation sites (N-methyl/N-ethyl adjacent to an activating group) is 1. The number of rotatable bonds is 12. The molecule has 0 radical (unpaired) electrons. The molecule has 2 N–H and O–H groups in total. The third kappa shape index (κ3) is 7.03. The molecule has 0 saturated carbocycles. The van der Waals surface area contributed by atoms with E-state index in [1.165, 1.54) is 28.6 Å². The van der Waals surface area contributed by atoms with Gasteiger partial charge >= 0.3 is 0 Å². The van der Waals surface area contributed by atoms with Gasteiger partial charge in [0.1, 0.15) is 6.04 Å². The minimum atomic E-state index is -3.72. The van der Waals surface area contributed by atoms with Gasteiger partial charge in [-0.15, -0.1) is 0 Å². The Morgan fingerprint density at radius 1 is 0.969 bits per heavy atom. The van der Waals surface area contributed by atoms with Gasteiger partial charge in [0.25, 0.3) is 5.91 Å². The summed E-state index contributed by atoms with van der Waals surface area (Å²) in [5.41, 5.74) is 0.135. The van der Waals surface area contributed by atoms with Crippen LogP contribution in [0.3, 0.4) is 0 Å². The van der Waals surface area contributed by atoms with Gasteiger partial charge in [0.05, 0.1) is 11.4 Å². The maximum Gasteiger partial charge on any atom is 0.251 e. The first kappa shape index (κ1) is 27.6. The zero-order valence-corrected chi connectivity index (χ0v) is 20.7. The van der Waals surface area contributed by atoms with E-state index in [4.69, 9.17) is 0 Å². The summed E-state index contributed by atoms with van der Waals surface area (Å²) >= 11 is 0. The van der Waals surface area contributed by atoms with E-state index >= 15 is 0 Å².